The number of rotatable bonds is 9. The Bertz CT molecular complexity index is 1410. The number of aromatic nitrogens is 2. The molecule has 1 unspecified atom stereocenters. The van der Waals surface area contributed by atoms with E-state index in [4.69, 9.17) is 14.7 Å². The molecule has 2 heterocycles. The van der Waals surface area contributed by atoms with Crippen molar-refractivity contribution in [1.82, 2.24) is 19.8 Å². The fourth-order valence-electron chi connectivity index (χ4n) is 5.92. The molecule has 0 amide bonds. The summed E-state index contributed by atoms with van der Waals surface area (Å²) in [7, 11) is 1.78. The highest BCUT2D eigenvalue weighted by Crippen LogP contribution is 2.42. The van der Waals surface area contributed by atoms with Gasteiger partial charge in [-0.25, -0.2) is 9.97 Å². The molecule has 6 nitrogen and oxygen atoms in total. The van der Waals surface area contributed by atoms with Crippen molar-refractivity contribution in [3.05, 3.63) is 107 Å². The third-order valence-electron chi connectivity index (χ3n) is 8.36. The average Bonchev–Trinajstić information content (AvgIpc) is 3.00. The first-order valence-corrected chi connectivity index (χ1v) is 14.5. The van der Waals surface area contributed by atoms with E-state index in [9.17, 15) is 0 Å². The number of benzene rings is 3. The van der Waals surface area contributed by atoms with Gasteiger partial charge < -0.3 is 15.0 Å². The first kappa shape index (κ1) is 26.6. The van der Waals surface area contributed by atoms with Crippen molar-refractivity contribution in [2.24, 2.45) is 0 Å². The number of hydrogen-bond acceptors (Lipinski definition) is 6. The van der Waals surface area contributed by atoms with Crippen LogP contribution in [0.5, 0.6) is 0 Å². The van der Waals surface area contributed by atoms with Crippen molar-refractivity contribution in [3.63, 3.8) is 0 Å². The lowest BCUT2D eigenvalue weighted by Crippen LogP contribution is -2.47. The van der Waals surface area contributed by atoms with E-state index in [2.05, 4.69) is 94.8 Å². The largest absolute Gasteiger partial charge is 0.383 e. The van der Waals surface area contributed by atoms with Crippen LogP contribution >= 0.6 is 0 Å². The van der Waals surface area contributed by atoms with Crippen molar-refractivity contribution in [2.75, 3.05) is 58.3 Å². The zero-order valence-electron chi connectivity index (χ0n) is 23.6. The predicted octanol–water partition coefficient (Wildman–Crippen LogP) is 5.69. The Hall–Kier alpha value is -3.58. The highest BCUT2D eigenvalue weighted by atomic mass is 16.5. The molecular formula is C34H39N5O. The molecule has 0 bridgehead atoms. The summed E-state index contributed by atoms with van der Waals surface area (Å²) in [6.07, 6.45) is 3.98. The highest BCUT2D eigenvalue weighted by molar-refractivity contribution is 5.73. The van der Waals surface area contributed by atoms with Crippen molar-refractivity contribution in [2.45, 2.75) is 25.7 Å². The number of piperazine rings is 1. The van der Waals surface area contributed by atoms with E-state index in [0.717, 1.165) is 70.1 Å². The second-order valence-corrected chi connectivity index (χ2v) is 11.1. The van der Waals surface area contributed by atoms with E-state index in [0.29, 0.717) is 11.9 Å². The first-order chi connectivity index (χ1) is 19.7. The summed E-state index contributed by atoms with van der Waals surface area (Å²) >= 11 is 0. The minimum absolute atomic E-state index is 0.318. The molecule has 1 saturated heterocycles. The van der Waals surface area contributed by atoms with Crippen LogP contribution in [0.25, 0.3) is 11.3 Å². The second kappa shape index (κ2) is 12.3. The fraction of sp³-hybridized carbons (Fsp3) is 0.353. The summed E-state index contributed by atoms with van der Waals surface area (Å²) in [4.78, 5) is 14.8. The number of anilines is 2. The Morgan fingerprint density at radius 1 is 0.875 bits per heavy atom. The lowest BCUT2D eigenvalue weighted by Gasteiger charge is -2.34. The van der Waals surface area contributed by atoms with Gasteiger partial charge in [0.2, 0.25) is 5.95 Å². The SMILES string of the molecule is COCCN1CCN(CCc2ccc(Nc3ncc4c(n3)-c3ccccc3C(c3ccc(C)cc3)C4)cc2)CC1. The monoisotopic (exact) mass is 533 g/mol. The Morgan fingerprint density at radius 2 is 1.60 bits per heavy atom. The van der Waals surface area contributed by atoms with Crippen LogP contribution in [-0.2, 0) is 17.6 Å². The molecule has 1 fully saturated rings. The summed E-state index contributed by atoms with van der Waals surface area (Å²) in [5.74, 6) is 0.959. The van der Waals surface area contributed by atoms with Crippen molar-refractivity contribution in [3.8, 4) is 11.3 Å². The van der Waals surface area contributed by atoms with Crippen LogP contribution < -0.4 is 5.32 Å². The number of aryl methyl sites for hydroxylation is 1. The molecule has 0 saturated carbocycles. The molecular weight excluding hydrogens is 494 g/mol. The molecule has 0 spiro atoms. The van der Waals surface area contributed by atoms with E-state index in [1.165, 1.54) is 33.4 Å². The van der Waals surface area contributed by atoms with Crippen LogP contribution in [0.2, 0.25) is 0 Å². The Labute approximate surface area is 238 Å². The standard InChI is InChI=1S/C34H39N5O/c1-25-7-11-27(12-8-25)32-23-28-24-35-34(37-33(28)31-6-4-3-5-30(31)32)36-29-13-9-26(10-14-29)15-16-38-17-19-39(20-18-38)21-22-40-2/h3-14,24,32H,15-23H2,1-2H3,(H,35,36,37). The summed E-state index contributed by atoms with van der Waals surface area (Å²) in [5, 5.41) is 3.44. The van der Waals surface area contributed by atoms with Crippen LogP contribution in [-0.4, -0.2) is 72.8 Å². The van der Waals surface area contributed by atoms with Crippen LogP contribution in [0.15, 0.2) is 79.0 Å². The Kier molecular flexibility index (Phi) is 8.19. The highest BCUT2D eigenvalue weighted by Gasteiger charge is 2.27. The molecule has 0 radical (unpaired) electrons. The van der Waals surface area contributed by atoms with Gasteiger partial charge in [0.05, 0.1) is 12.3 Å². The number of methoxy groups -OCH3 is 1. The van der Waals surface area contributed by atoms with Crippen LogP contribution in [0, 0.1) is 6.92 Å². The van der Waals surface area contributed by atoms with Crippen LogP contribution in [0.1, 0.15) is 33.7 Å². The molecule has 206 valence electrons. The third kappa shape index (κ3) is 6.09. The number of nitrogens with one attached hydrogen (secondary N) is 1. The maximum Gasteiger partial charge on any atom is 0.227 e. The summed E-state index contributed by atoms with van der Waals surface area (Å²) in [6.45, 7) is 9.61. The zero-order valence-corrected chi connectivity index (χ0v) is 23.6. The predicted molar refractivity (Wildman–Crippen MR) is 162 cm³/mol. The van der Waals surface area contributed by atoms with Gasteiger partial charge in [-0.15, -0.1) is 0 Å². The Morgan fingerprint density at radius 3 is 2.35 bits per heavy atom. The lowest BCUT2D eigenvalue weighted by molar-refractivity contribution is 0.0976. The minimum Gasteiger partial charge on any atom is -0.383 e. The average molecular weight is 534 g/mol. The van der Waals surface area contributed by atoms with Gasteiger partial charge >= 0.3 is 0 Å². The molecule has 1 aliphatic carbocycles. The maximum absolute atomic E-state index is 5.22. The molecule has 6 rings (SSSR count). The third-order valence-corrected chi connectivity index (χ3v) is 8.36. The van der Waals surface area contributed by atoms with Gasteiger partial charge in [-0.3, -0.25) is 4.90 Å². The molecule has 1 N–H and O–H groups in total. The number of nitrogens with zero attached hydrogens (tertiary/aromatic N) is 4. The number of ether oxygens (including phenoxy) is 1. The quantitative estimate of drug-likeness (QED) is 0.298. The fourth-order valence-corrected chi connectivity index (χ4v) is 5.92. The van der Waals surface area contributed by atoms with E-state index >= 15 is 0 Å². The van der Waals surface area contributed by atoms with E-state index in [1.807, 2.05) is 6.20 Å². The first-order valence-electron chi connectivity index (χ1n) is 14.5. The molecule has 1 aliphatic heterocycles. The van der Waals surface area contributed by atoms with Gasteiger partial charge in [0.25, 0.3) is 0 Å². The van der Waals surface area contributed by atoms with Gasteiger partial charge in [0, 0.05) is 69.7 Å². The Balaban J connectivity index is 1.09. The zero-order chi connectivity index (χ0) is 27.3. The van der Waals surface area contributed by atoms with Crippen molar-refractivity contribution >= 4 is 11.6 Å². The number of hydrogen-bond donors (Lipinski definition) is 1. The molecule has 40 heavy (non-hydrogen) atoms. The molecule has 3 aromatic carbocycles. The van der Waals surface area contributed by atoms with Crippen molar-refractivity contribution < 1.29 is 4.74 Å². The van der Waals surface area contributed by atoms with E-state index < -0.39 is 0 Å². The van der Waals surface area contributed by atoms with Gasteiger partial charge in [0.15, 0.2) is 0 Å². The minimum atomic E-state index is 0.318. The maximum atomic E-state index is 5.22. The second-order valence-electron chi connectivity index (χ2n) is 11.1. The number of fused-ring (bicyclic) bond motifs is 3. The summed E-state index contributed by atoms with van der Waals surface area (Å²) in [6, 6.07) is 26.3. The van der Waals surface area contributed by atoms with Gasteiger partial charge in [-0.1, -0.05) is 66.2 Å². The molecule has 2 aliphatic rings. The van der Waals surface area contributed by atoms with Gasteiger partial charge in [-0.2, -0.15) is 0 Å². The van der Waals surface area contributed by atoms with Crippen LogP contribution in [0.3, 0.4) is 0 Å². The smallest absolute Gasteiger partial charge is 0.227 e. The molecule has 6 heteroatoms. The normalized spacial score (nSPS) is 17.3. The summed E-state index contributed by atoms with van der Waals surface area (Å²) < 4.78 is 5.22. The van der Waals surface area contributed by atoms with Crippen molar-refractivity contribution in [1.29, 1.82) is 0 Å². The molecule has 4 aromatic rings. The van der Waals surface area contributed by atoms with Gasteiger partial charge in [0.1, 0.15) is 0 Å². The van der Waals surface area contributed by atoms with E-state index in [1.54, 1.807) is 7.11 Å². The molecule has 1 aromatic heterocycles. The van der Waals surface area contributed by atoms with E-state index in [-0.39, 0.29) is 0 Å². The lowest BCUT2D eigenvalue weighted by atomic mass is 9.78. The summed E-state index contributed by atoms with van der Waals surface area (Å²) in [5.41, 5.74) is 9.77. The molecule has 1 atom stereocenters. The van der Waals surface area contributed by atoms with Gasteiger partial charge in [-0.05, 0) is 54.2 Å². The topological polar surface area (TPSA) is 53.5 Å². The van der Waals surface area contributed by atoms with Crippen LogP contribution in [0.4, 0.5) is 11.6 Å².